The summed E-state index contributed by atoms with van der Waals surface area (Å²) in [6.07, 6.45) is 1.12. The number of aliphatic hydroxyl groups is 1. The summed E-state index contributed by atoms with van der Waals surface area (Å²) in [5.74, 6) is 0. The maximum atomic E-state index is 10.2. The molecule has 0 bridgehead atoms. The minimum Gasteiger partial charge on any atom is -0.390 e. The van der Waals surface area contributed by atoms with E-state index in [1.165, 1.54) is 0 Å². The van der Waals surface area contributed by atoms with Gasteiger partial charge in [0.15, 0.2) is 11.3 Å². The molecule has 5 aromatic rings. The van der Waals surface area contributed by atoms with Gasteiger partial charge >= 0.3 is 0 Å². The summed E-state index contributed by atoms with van der Waals surface area (Å²) in [6, 6.07) is 20.7. The Kier molecular flexibility index (Phi) is 4.66. The van der Waals surface area contributed by atoms with Gasteiger partial charge in [-0.3, -0.25) is 0 Å². The fourth-order valence-corrected chi connectivity index (χ4v) is 5.86. The summed E-state index contributed by atoms with van der Waals surface area (Å²) in [7, 11) is 0. The Bertz CT molecular complexity index is 1590. The highest BCUT2D eigenvalue weighted by molar-refractivity contribution is 5.96. The molecule has 0 atom stereocenters. The third kappa shape index (κ3) is 3.44. The molecule has 3 heterocycles. The number of benzene rings is 2. The summed E-state index contributed by atoms with van der Waals surface area (Å²) < 4.78 is 1.85. The van der Waals surface area contributed by atoms with Crippen LogP contribution in [0, 0.1) is 20.8 Å². The molecule has 0 spiro atoms. The molecular formula is C29H29N5O. The molecule has 1 saturated carbocycles. The first-order chi connectivity index (χ1) is 16.7. The molecule has 3 N–H and O–H groups in total. The molecule has 0 radical (unpaired) electrons. The van der Waals surface area contributed by atoms with Crippen LogP contribution in [0.2, 0.25) is 0 Å². The third-order valence-electron chi connectivity index (χ3n) is 7.27. The molecule has 3 aromatic heterocycles. The first-order valence-electron chi connectivity index (χ1n) is 12.0. The van der Waals surface area contributed by atoms with Gasteiger partial charge in [0.25, 0.3) is 0 Å². The molecule has 1 aliphatic carbocycles. The minimum atomic E-state index is -0.690. The lowest BCUT2D eigenvalue weighted by atomic mass is 9.63. The van der Waals surface area contributed by atoms with Crippen LogP contribution in [0.25, 0.3) is 39.1 Å². The van der Waals surface area contributed by atoms with Gasteiger partial charge in [-0.15, -0.1) is 0 Å². The van der Waals surface area contributed by atoms with E-state index in [9.17, 15) is 5.11 Å². The normalized spacial score (nSPS) is 22.0. The summed E-state index contributed by atoms with van der Waals surface area (Å²) in [6.45, 7) is 8.00. The van der Waals surface area contributed by atoms with E-state index in [1.807, 2.05) is 37.4 Å². The Morgan fingerprint density at radius 1 is 0.914 bits per heavy atom. The van der Waals surface area contributed by atoms with Gasteiger partial charge in [0.1, 0.15) is 0 Å². The van der Waals surface area contributed by atoms with Crippen LogP contribution < -0.4 is 5.73 Å². The van der Waals surface area contributed by atoms with Crippen molar-refractivity contribution in [3.63, 3.8) is 0 Å². The highest BCUT2D eigenvalue weighted by Crippen LogP contribution is 2.46. The fourth-order valence-electron chi connectivity index (χ4n) is 5.86. The van der Waals surface area contributed by atoms with Crippen LogP contribution in [0.5, 0.6) is 0 Å². The summed E-state index contributed by atoms with van der Waals surface area (Å²) >= 11 is 0. The number of rotatable bonds is 3. The second-order valence-electron chi connectivity index (χ2n) is 10.4. The van der Waals surface area contributed by atoms with Crippen molar-refractivity contribution in [2.24, 2.45) is 5.73 Å². The smallest absolute Gasteiger partial charge is 0.165 e. The molecule has 0 amide bonds. The van der Waals surface area contributed by atoms with Crippen molar-refractivity contribution in [2.45, 2.75) is 51.7 Å². The van der Waals surface area contributed by atoms with Crippen molar-refractivity contribution in [3.05, 3.63) is 83.2 Å². The van der Waals surface area contributed by atoms with Crippen LogP contribution in [-0.2, 0) is 5.54 Å². The standard InChI is InChI=1S/C29H29N5O/c1-17-14-23-31-19(3)24-18(2)25(20-8-6-5-7-9-20)26(32-27(24)34(23)33-17)21-10-12-22(13-11-21)29(30)15-28(4,35)16-29/h5-14,35H,15-16,30H2,1-4H3/t28-,29-. The van der Waals surface area contributed by atoms with E-state index >= 15 is 0 Å². The Hall–Kier alpha value is -3.61. The monoisotopic (exact) mass is 463 g/mol. The van der Waals surface area contributed by atoms with E-state index in [0.29, 0.717) is 12.8 Å². The Morgan fingerprint density at radius 2 is 1.60 bits per heavy atom. The molecule has 6 nitrogen and oxygen atoms in total. The summed E-state index contributed by atoms with van der Waals surface area (Å²) in [5.41, 5.74) is 15.2. The molecule has 2 aromatic carbocycles. The molecule has 35 heavy (non-hydrogen) atoms. The zero-order chi connectivity index (χ0) is 24.5. The van der Waals surface area contributed by atoms with Gasteiger partial charge in [-0.2, -0.15) is 9.61 Å². The quantitative estimate of drug-likeness (QED) is 0.382. The van der Waals surface area contributed by atoms with Crippen LogP contribution in [0.3, 0.4) is 0 Å². The average molecular weight is 464 g/mol. The number of nitrogens with zero attached hydrogens (tertiary/aromatic N) is 4. The predicted molar refractivity (Wildman–Crippen MR) is 139 cm³/mol. The molecule has 0 unspecified atom stereocenters. The predicted octanol–water partition coefficient (Wildman–Crippen LogP) is 5.24. The van der Waals surface area contributed by atoms with Crippen LogP contribution in [0.15, 0.2) is 60.7 Å². The zero-order valence-corrected chi connectivity index (χ0v) is 20.5. The second-order valence-corrected chi connectivity index (χ2v) is 10.4. The molecule has 0 saturated heterocycles. The van der Waals surface area contributed by atoms with E-state index in [4.69, 9.17) is 20.8 Å². The van der Waals surface area contributed by atoms with Gasteiger partial charge in [-0.1, -0.05) is 54.6 Å². The van der Waals surface area contributed by atoms with Crippen LogP contribution in [-0.4, -0.2) is 30.3 Å². The number of hydrogen-bond acceptors (Lipinski definition) is 5. The van der Waals surface area contributed by atoms with Gasteiger partial charge in [0.2, 0.25) is 0 Å². The topological polar surface area (TPSA) is 89.3 Å². The Labute approximate surface area is 204 Å². The van der Waals surface area contributed by atoms with E-state index in [1.54, 1.807) is 0 Å². The van der Waals surface area contributed by atoms with Crippen molar-refractivity contribution >= 4 is 16.7 Å². The molecule has 176 valence electrons. The SMILES string of the molecule is Cc1cc2nc(C)c3c(C)c(-c4ccccc4)c(-c4ccc([C@]5(N)C[C@](C)(O)C5)cc4)nc3n2n1. The molecule has 6 rings (SSSR count). The molecule has 0 aliphatic heterocycles. The summed E-state index contributed by atoms with van der Waals surface area (Å²) in [5, 5.41) is 16.0. The first kappa shape index (κ1) is 21.9. The fraction of sp³-hybridized carbons (Fsp3) is 0.276. The first-order valence-corrected chi connectivity index (χ1v) is 12.0. The lowest BCUT2D eigenvalue weighted by Crippen LogP contribution is -2.58. The van der Waals surface area contributed by atoms with Crippen molar-refractivity contribution < 1.29 is 5.11 Å². The summed E-state index contributed by atoms with van der Waals surface area (Å²) in [4.78, 5) is 10.0. The molecule has 6 heteroatoms. The maximum Gasteiger partial charge on any atom is 0.165 e. The average Bonchev–Trinajstić information content (AvgIpc) is 3.18. The highest BCUT2D eigenvalue weighted by atomic mass is 16.3. The van der Waals surface area contributed by atoms with Gasteiger partial charge in [0.05, 0.1) is 22.7 Å². The number of aromatic nitrogens is 4. The van der Waals surface area contributed by atoms with Crippen molar-refractivity contribution in [3.8, 4) is 22.4 Å². The Balaban J connectivity index is 1.60. The number of hydrogen-bond donors (Lipinski definition) is 2. The van der Waals surface area contributed by atoms with Gasteiger partial charge in [0, 0.05) is 28.1 Å². The van der Waals surface area contributed by atoms with Crippen LogP contribution in [0.1, 0.15) is 42.3 Å². The number of aryl methyl sites for hydroxylation is 3. The molecule has 1 fully saturated rings. The second kappa shape index (κ2) is 7.44. The van der Waals surface area contributed by atoms with Gasteiger partial charge in [-0.25, -0.2) is 9.97 Å². The van der Waals surface area contributed by atoms with Crippen molar-refractivity contribution in [2.75, 3.05) is 0 Å². The van der Waals surface area contributed by atoms with E-state index in [2.05, 4.69) is 55.5 Å². The van der Waals surface area contributed by atoms with Crippen molar-refractivity contribution in [1.29, 1.82) is 0 Å². The van der Waals surface area contributed by atoms with E-state index < -0.39 is 11.1 Å². The maximum absolute atomic E-state index is 10.2. The van der Waals surface area contributed by atoms with Gasteiger partial charge in [-0.05, 0) is 57.2 Å². The lowest BCUT2D eigenvalue weighted by molar-refractivity contribution is -0.0738. The number of pyridine rings is 1. The van der Waals surface area contributed by atoms with Gasteiger partial charge < -0.3 is 10.8 Å². The molecular weight excluding hydrogens is 434 g/mol. The van der Waals surface area contributed by atoms with Crippen molar-refractivity contribution in [1.82, 2.24) is 19.6 Å². The van der Waals surface area contributed by atoms with E-state index in [0.717, 1.165) is 61.6 Å². The van der Waals surface area contributed by atoms with E-state index in [-0.39, 0.29) is 0 Å². The minimum absolute atomic E-state index is 0.488. The Morgan fingerprint density at radius 3 is 2.26 bits per heavy atom. The lowest BCUT2D eigenvalue weighted by Gasteiger charge is -2.49. The molecule has 1 aliphatic rings. The number of nitrogens with two attached hydrogens (primary N) is 1. The van der Waals surface area contributed by atoms with Crippen LogP contribution in [0.4, 0.5) is 0 Å². The largest absolute Gasteiger partial charge is 0.390 e. The van der Waals surface area contributed by atoms with Crippen LogP contribution >= 0.6 is 0 Å². The highest BCUT2D eigenvalue weighted by Gasteiger charge is 2.49. The third-order valence-corrected chi connectivity index (χ3v) is 7.27. The number of fused-ring (bicyclic) bond motifs is 3. The zero-order valence-electron chi connectivity index (χ0n) is 20.5.